The lowest BCUT2D eigenvalue weighted by Gasteiger charge is -2.11. The summed E-state index contributed by atoms with van der Waals surface area (Å²) in [6.45, 7) is 0. The quantitative estimate of drug-likeness (QED) is 0.211. The number of hydrogen-bond donors (Lipinski definition) is 0. The van der Waals surface area contributed by atoms with Crippen molar-refractivity contribution in [2.24, 2.45) is 0 Å². The first-order valence-corrected chi connectivity index (χ1v) is 12.2. The molecule has 7 heteroatoms. The van der Waals surface area contributed by atoms with E-state index in [1.54, 1.807) is 60.7 Å². The summed E-state index contributed by atoms with van der Waals surface area (Å²) < 4.78 is 42.6. The summed E-state index contributed by atoms with van der Waals surface area (Å²) in [7, 11) is 0. The minimum atomic E-state index is -0.445. The maximum Gasteiger partial charge on any atom is 0.200 e. The largest absolute Gasteiger partial charge is 0.456 e. The molecule has 0 spiro atoms. The van der Waals surface area contributed by atoms with Gasteiger partial charge >= 0.3 is 0 Å². The van der Waals surface area contributed by atoms with E-state index in [2.05, 4.69) is 0 Å². The van der Waals surface area contributed by atoms with Gasteiger partial charge in [0.05, 0.1) is 38.3 Å². The van der Waals surface area contributed by atoms with Gasteiger partial charge in [-0.05, 0) is 72.8 Å². The van der Waals surface area contributed by atoms with Crippen molar-refractivity contribution < 1.29 is 17.6 Å². The van der Waals surface area contributed by atoms with Crippen molar-refractivity contribution in [2.45, 2.75) is 0 Å². The molecule has 186 valence electrons. The molecule has 0 saturated heterocycles. The summed E-state index contributed by atoms with van der Waals surface area (Å²) in [4.78, 5) is 27.0. The van der Waals surface area contributed by atoms with Gasteiger partial charge in [-0.25, -0.2) is 8.78 Å². The average Bonchev–Trinajstić information content (AvgIpc) is 3.25. The molecule has 0 fully saturated rings. The lowest BCUT2D eigenvalue weighted by molar-refractivity contribution is 0.628. The van der Waals surface area contributed by atoms with Crippen LogP contribution in [0, 0.1) is 11.6 Å². The SMILES string of the molecule is O=c1c2ccccc2oc2cc3c(=O)c4cccc(-n5c6ccc(F)cc6c6cc(F)ccc65)c4oc3cc12. The van der Waals surface area contributed by atoms with E-state index in [-0.39, 0.29) is 27.4 Å². The van der Waals surface area contributed by atoms with Crippen molar-refractivity contribution in [3.8, 4) is 5.69 Å². The fourth-order valence-corrected chi connectivity index (χ4v) is 5.56. The maximum atomic E-state index is 14.2. The Kier molecular flexibility index (Phi) is 4.25. The van der Waals surface area contributed by atoms with E-state index >= 15 is 0 Å². The van der Waals surface area contributed by atoms with E-state index in [1.807, 2.05) is 4.57 Å². The van der Waals surface area contributed by atoms with Crippen molar-refractivity contribution >= 4 is 65.7 Å². The van der Waals surface area contributed by atoms with E-state index < -0.39 is 11.6 Å². The van der Waals surface area contributed by atoms with Gasteiger partial charge in [-0.15, -0.1) is 0 Å². The van der Waals surface area contributed by atoms with Crippen LogP contribution in [0.15, 0.2) is 109 Å². The maximum absolute atomic E-state index is 14.2. The third-order valence-corrected chi connectivity index (χ3v) is 7.30. The van der Waals surface area contributed by atoms with Crippen LogP contribution in [-0.4, -0.2) is 4.57 Å². The molecule has 39 heavy (non-hydrogen) atoms. The van der Waals surface area contributed by atoms with E-state index in [0.29, 0.717) is 54.8 Å². The summed E-state index contributed by atoms with van der Waals surface area (Å²) in [6, 6.07) is 23.8. The second-order valence-corrected chi connectivity index (χ2v) is 9.52. The van der Waals surface area contributed by atoms with Crippen LogP contribution in [-0.2, 0) is 0 Å². The summed E-state index contributed by atoms with van der Waals surface area (Å²) in [5, 5.41) is 2.38. The van der Waals surface area contributed by atoms with Crippen LogP contribution in [0.5, 0.6) is 0 Å². The Morgan fingerprint density at radius 3 is 1.79 bits per heavy atom. The molecule has 0 radical (unpaired) electrons. The van der Waals surface area contributed by atoms with Crippen LogP contribution in [0.25, 0.3) is 71.4 Å². The van der Waals surface area contributed by atoms with E-state index in [4.69, 9.17) is 8.83 Å². The van der Waals surface area contributed by atoms with Crippen molar-refractivity contribution in [2.75, 3.05) is 0 Å². The molecule has 0 aliphatic heterocycles. The fraction of sp³-hybridized carbons (Fsp3) is 0. The number of benzene rings is 5. The Morgan fingerprint density at radius 1 is 0.513 bits per heavy atom. The highest BCUT2D eigenvalue weighted by atomic mass is 19.1. The number of para-hydroxylation sites is 2. The van der Waals surface area contributed by atoms with Crippen LogP contribution in [0.4, 0.5) is 8.78 Å². The van der Waals surface area contributed by atoms with Crippen molar-refractivity contribution in [1.82, 2.24) is 4.57 Å². The fourth-order valence-electron chi connectivity index (χ4n) is 5.56. The van der Waals surface area contributed by atoms with Gasteiger partial charge in [-0.3, -0.25) is 9.59 Å². The molecule has 3 heterocycles. The lowest BCUT2D eigenvalue weighted by Crippen LogP contribution is -2.07. The Balaban J connectivity index is 1.52. The van der Waals surface area contributed by atoms with Crippen molar-refractivity contribution in [3.05, 3.63) is 123 Å². The van der Waals surface area contributed by atoms with Gasteiger partial charge in [-0.1, -0.05) is 18.2 Å². The predicted octanol–water partition coefficient (Wildman–Crippen LogP) is 7.58. The predicted molar refractivity (Wildman–Crippen MR) is 148 cm³/mol. The topological polar surface area (TPSA) is 65.3 Å². The molecule has 5 aromatic carbocycles. The van der Waals surface area contributed by atoms with E-state index in [1.165, 1.54) is 30.3 Å². The second kappa shape index (κ2) is 7.61. The molecule has 0 atom stereocenters. The van der Waals surface area contributed by atoms with Gasteiger partial charge in [-0.2, -0.15) is 0 Å². The van der Waals surface area contributed by atoms with Gasteiger partial charge in [0, 0.05) is 10.8 Å². The molecule has 0 N–H and O–H groups in total. The Morgan fingerprint density at radius 2 is 1.10 bits per heavy atom. The highest BCUT2D eigenvalue weighted by Gasteiger charge is 2.19. The van der Waals surface area contributed by atoms with E-state index in [0.717, 1.165) is 0 Å². The Hall–Kier alpha value is -5.30. The highest BCUT2D eigenvalue weighted by Crippen LogP contribution is 2.36. The highest BCUT2D eigenvalue weighted by molar-refractivity contribution is 6.10. The number of aromatic nitrogens is 1. The number of nitrogens with zero attached hydrogens (tertiary/aromatic N) is 1. The zero-order valence-electron chi connectivity index (χ0n) is 20.0. The van der Waals surface area contributed by atoms with Crippen molar-refractivity contribution in [1.29, 1.82) is 0 Å². The van der Waals surface area contributed by atoms with Gasteiger partial charge in [0.1, 0.15) is 28.4 Å². The number of halogens is 2. The van der Waals surface area contributed by atoms with Crippen LogP contribution < -0.4 is 10.9 Å². The number of fused-ring (bicyclic) bond motifs is 7. The third kappa shape index (κ3) is 2.98. The smallest absolute Gasteiger partial charge is 0.200 e. The molecule has 0 aliphatic rings. The first kappa shape index (κ1) is 21.8. The molecule has 0 amide bonds. The van der Waals surface area contributed by atoms with Gasteiger partial charge in [0.15, 0.2) is 5.58 Å². The monoisotopic (exact) mass is 515 g/mol. The first-order chi connectivity index (χ1) is 19.0. The molecular formula is C32H15F2NO4. The molecule has 0 unspecified atom stereocenters. The standard InChI is InChI=1S/C32H15F2NO4/c33-16-8-10-24-20(12-16)21-13-17(34)9-11-25(21)35(24)26-6-3-5-19-31(37)23-14-28-22(15-29(23)39-32(19)26)30(36)18-4-1-2-7-27(18)38-28/h1-15H. The van der Waals surface area contributed by atoms with Crippen LogP contribution in [0.1, 0.15) is 0 Å². The normalized spacial score (nSPS) is 12.1. The van der Waals surface area contributed by atoms with Crippen LogP contribution in [0.3, 0.4) is 0 Å². The minimum absolute atomic E-state index is 0.226. The number of rotatable bonds is 1. The van der Waals surface area contributed by atoms with Crippen LogP contribution >= 0.6 is 0 Å². The zero-order chi connectivity index (χ0) is 26.4. The summed E-state index contributed by atoms with van der Waals surface area (Å²) >= 11 is 0. The first-order valence-electron chi connectivity index (χ1n) is 12.2. The molecule has 8 rings (SSSR count). The van der Waals surface area contributed by atoms with Crippen LogP contribution in [0.2, 0.25) is 0 Å². The average molecular weight is 515 g/mol. The molecule has 8 aromatic rings. The zero-order valence-corrected chi connectivity index (χ0v) is 20.0. The molecule has 0 saturated carbocycles. The molecular weight excluding hydrogens is 500 g/mol. The summed E-state index contributed by atoms with van der Waals surface area (Å²) in [6.07, 6.45) is 0. The van der Waals surface area contributed by atoms with Gasteiger partial charge in [0.25, 0.3) is 0 Å². The molecule has 0 aliphatic carbocycles. The Bertz CT molecular complexity index is 2410. The molecule has 0 bridgehead atoms. The second-order valence-electron chi connectivity index (χ2n) is 9.52. The minimum Gasteiger partial charge on any atom is -0.456 e. The third-order valence-electron chi connectivity index (χ3n) is 7.30. The van der Waals surface area contributed by atoms with Gasteiger partial charge < -0.3 is 13.4 Å². The summed E-state index contributed by atoms with van der Waals surface area (Å²) in [5.41, 5.74) is 2.49. The van der Waals surface area contributed by atoms with Crippen molar-refractivity contribution in [3.63, 3.8) is 0 Å². The van der Waals surface area contributed by atoms with Gasteiger partial charge in [0.2, 0.25) is 10.9 Å². The summed E-state index contributed by atoms with van der Waals surface area (Å²) in [5.74, 6) is -0.890. The van der Waals surface area contributed by atoms with E-state index in [9.17, 15) is 18.4 Å². The molecule has 5 nitrogen and oxygen atoms in total. The molecule has 3 aromatic heterocycles. The number of hydrogen-bond acceptors (Lipinski definition) is 4. The lowest BCUT2D eigenvalue weighted by atomic mass is 10.1. The Labute approximate surface area is 216 Å².